The topological polar surface area (TPSA) is 47.2 Å². The van der Waals surface area contributed by atoms with Crippen LogP contribution in [-0.4, -0.2) is 20.4 Å². The third-order valence-corrected chi connectivity index (χ3v) is 2.90. The molecule has 0 amide bonds. The molecule has 20 heavy (non-hydrogen) atoms. The van der Waals surface area contributed by atoms with Crippen LogP contribution in [-0.2, 0) is 13.1 Å². The number of aryl methyl sites for hydroxylation is 2. The van der Waals surface area contributed by atoms with Gasteiger partial charge in [0.1, 0.15) is 0 Å². The van der Waals surface area contributed by atoms with Crippen molar-refractivity contribution >= 4 is 0 Å². The van der Waals surface area contributed by atoms with Gasteiger partial charge in [-0.05, 0) is 12.1 Å². The SMILES string of the molecule is O=c1ccccn1CCn1ccc(C(O)C(F)(F)F)c1. The highest BCUT2D eigenvalue weighted by Gasteiger charge is 2.39. The molecular weight excluding hydrogens is 273 g/mol. The summed E-state index contributed by atoms with van der Waals surface area (Å²) >= 11 is 0. The average Bonchev–Trinajstić information content (AvgIpc) is 2.84. The van der Waals surface area contributed by atoms with Crippen molar-refractivity contribution in [1.29, 1.82) is 0 Å². The number of hydrogen-bond donors (Lipinski definition) is 1. The molecule has 0 radical (unpaired) electrons. The number of aliphatic hydroxyl groups excluding tert-OH is 1. The molecule has 0 aromatic carbocycles. The van der Waals surface area contributed by atoms with E-state index >= 15 is 0 Å². The van der Waals surface area contributed by atoms with Crippen molar-refractivity contribution in [3.8, 4) is 0 Å². The van der Waals surface area contributed by atoms with Crippen LogP contribution >= 0.6 is 0 Å². The lowest BCUT2D eigenvalue weighted by Gasteiger charge is -2.12. The third-order valence-electron chi connectivity index (χ3n) is 2.90. The lowest BCUT2D eigenvalue weighted by atomic mass is 10.2. The molecule has 0 saturated heterocycles. The summed E-state index contributed by atoms with van der Waals surface area (Å²) in [6.45, 7) is 0.685. The van der Waals surface area contributed by atoms with E-state index < -0.39 is 12.3 Å². The van der Waals surface area contributed by atoms with E-state index in [0.717, 1.165) is 0 Å². The molecule has 7 heteroatoms. The van der Waals surface area contributed by atoms with Gasteiger partial charge >= 0.3 is 6.18 Å². The van der Waals surface area contributed by atoms with Gasteiger partial charge in [0, 0.05) is 43.3 Å². The summed E-state index contributed by atoms with van der Waals surface area (Å²) < 4.78 is 40.0. The number of rotatable bonds is 4. The minimum Gasteiger partial charge on any atom is -0.379 e. The molecular formula is C13H13F3N2O2. The van der Waals surface area contributed by atoms with Crippen LogP contribution in [0.2, 0.25) is 0 Å². The number of aliphatic hydroxyl groups is 1. The number of halogens is 3. The maximum absolute atomic E-state index is 12.3. The van der Waals surface area contributed by atoms with Gasteiger partial charge < -0.3 is 14.2 Å². The summed E-state index contributed by atoms with van der Waals surface area (Å²) in [6, 6.07) is 5.95. The Balaban J connectivity index is 2.04. The second kappa shape index (κ2) is 5.54. The van der Waals surface area contributed by atoms with E-state index in [1.54, 1.807) is 18.3 Å². The van der Waals surface area contributed by atoms with Gasteiger partial charge in [0.2, 0.25) is 0 Å². The molecule has 0 fully saturated rings. The van der Waals surface area contributed by atoms with E-state index in [1.165, 1.54) is 33.7 Å². The molecule has 2 heterocycles. The van der Waals surface area contributed by atoms with Gasteiger partial charge in [-0.15, -0.1) is 0 Å². The molecule has 4 nitrogen and oxygen atoms in total. The zero-order chi connectivity index (χ0) is 14.8. The summed E-state index contributed by atoms with van der Waals surface area (Å²) in [4.78, 5) is 11.5. The lowest BCUT2D eigenvalue weighted by Crippen LogP contribution is -2.20. The molecule has 0 aliphatic carbocycles. The molecule has 1 atom stereocenters. The molecule has 0 aliphatic heterocycles. The molecule has 1 N–H and O–H groups in total. The Labute approximate surface area is 112 Å². The van der Waals surface area contributed by atoms with Crippen LogP contribution in [0.5, 0.6) is 0 Å². The van der Waals surface area contributed by atoms with E-state index in [2.05, 4.69) is 0 Å². The van der Waals surface area contributed by atoms with Gasteiger partial charge in [-0.3, -0.25) is 4.79 Å². The van der Waals surface area contributed by atoms with Crippen molar-refractivity contribution in [3.63, 3.8) is 0 Å². The normalized spacial score (nSPS) is 13.4. The largest absolute Gasteiger partial charge is 0.418 e. The quantitative estimate of drug-likeness (QED) is 0.933. The highest BCUT2D eigenvalue weighted by atomic mass is 19.4. The maximum atomic E-state index is 12.3. The fraction of sp³-hybridized carbons (Fsp3) is 0.308. The van der Waals surface area contributed by atoms with Crippen molar-refractivity contribution < 1.29 is 18.3 Å². The Hall–Kier alpha value is -2.02. The van der Waals surface area contributed by atoms with E-state index in [0.29, 0.717) is 13.1 Å². The smallest absolute Gasteiger partial charge is 0.379 e. The molecule has 0 bridgehead atoms. The fourth-order valence-corrected chi connectivity index (χ4v) is 1.82. The first-order valence-electron chi connectivity index (χ1n) is 5.94. The van der Waals surface area contributed by atoms with E-state index in [-0.39, 0.29) is 11.1 Å². The van der Waals surface area contributed by atoms with E-state index in [9.17, 15) is 18.0 Å². The van der Waals surface area contributed by atoms with Crippen LogP contribution in [0, 0.1) is 0 Å². The van der Waals surface area contributed by atoms with Crippen LogP contribution in [0.4, 0.5) is 13.2 Å². The second-order valence-corrected chi connectivity index (χ2v) is 4.36. The number of aromatic nitrogens is 2. The molecule has 0 spiro atoms. The van der Waals surface area contributed by atoms with Gasteiger partial charge in [-0.2, -0.15) is 13.2 Å². The average molecular weight is 286 g/mol. The summed E-state index contributed by atoms with van der Waals surface area (Å²) in [5.41, 5.74) is -0.381. The van der Waals surface area contributed by atoms with Crippen molar-refractivity contribution in [2.75, 3.05) is 0 Å². The van der Waals surface area contributed by atoms with Crippen LogP contribution in [0.25, 0.3) is 0 Å². The maximum Gasteiger partial charge on any atom is 0.418 e. The Morgan fingerprint density at radius 3 is 2.55 bits per heavy atom. The molecule has 108 valence electrons. The van der Waals surface area contributed by atoms with Gasteiger partial charge in [0.05, 0.1) is 0 Å². The first-order chi connectivity index (χ1) is 9.38. The Morgan fingerprint density at radius 1 is 1.15 bits per heavy atom. The van der Waals surface area contributed by atoms with Crippen molar-refractivity contribution in [2.45, 2.75) is 25.4 Å². The van der Waals surface area contributed by atoms with E-state index in [1.807, 2.05) is 0 Å². The van der Waals surface area contributed by atoms with Crippen molar-refractivity contribution in [3.05, 3.63) is 58.8 Å². The highest BCUT2D eigenvalue weighted by Crippen LogP contribution is 2.32. The number of pyridine rings is 1. The van der Waals surface area contributed by atoms with Gasteiger partial charge in [0.25, 0.3) is 5.56 Å². The Morgan fingerprint density at radius 2 is 1.90 bits per heavy atom. The second-order valence-electron chi connectivity index (χ2n) is 4.36. The molecule has 1 unspecified atom stereocenters. The molecule has 2 aromatic heterocycles. The first kappa shape index (κ1) is 14.4. The zero-order valence-electron chi connectivity index (χ0n) is 10.4. The van der Waals surface area contributed by atoms with Gasteiger partial charge in [0.15, 0.2) is 6.10 Å². The molecule has 0 saturated carbocycles. The predicted octanol–water partition coefficient (Wildman–Crippen LogP) is 1.95. The molecule has 0 aliphatic rings. The van der Waals surface area contributed by atoms with E-state index in [4.69, 9.17) is 5.11 Å². The predicted molar refractivity (Wildman–Crippen MR) is 66.1 cm³/mol. The third kappa shape index (κ3) is 3.30. The minimum atomic E-state index is -4.68. The number of alkyl halides is 3. The van der Waals surface area contributed by atoms with Crippen LogP contribution < -0.4 is 5.56 Å². The zero-order valence-corrected chi connectivity index (χ0v) is 10.4. The molecule has 2 aromatic rings. The van der Waals surface area contributed by atoms with Crippen LogP contribution in [0.3, 0.4) is 0 Å². The fourth-order valence-electron chi connectivity index (χ4n) is 1.82. The summed E-state index contributed by atoms with van der Waals surface area (Å²) in [5, 5.41) is 9.11. The summed E-state index contributed by atoms with van der Waals surface area (Å²) in [5.74, 6) is 0. The minimum absolute atomic E-state index is 0.171. The summed E-state index contributed by atoms with van der Waals surface area (Å²) in [6.07, 6.45) is -2.88. The highest BCUT2D eigenvalue weighted by molar-refractivity contribution is 5.15. The monoisotopic (exact) mass is 286 g/mol. The van der Waals surface area contributed by atoms with Crippen molar-refractivity contribution in [1.82, 2.24) is 9.13 Å². The number of nitrogens with zero attached hydrogens (tertiary/aromatic N) is 2. The van der Waals surface area contributed by atoms with Crippen LogP contribution in [0.1, 0.15) is 11.7 Å². The van der Waals surface area contributed by atoms with Crippen LogP contribution in [0.15, 0.2) is 47.7 Å². The van der Waals surface area contributed by atoms with Crippen molar-refractivity contribution in [2.24, 2.45) is 0 Å². The number of hydrogen-bond acceptors (Lipinski definition) is 2. The Bertz CT molecular complexity index is 631. The van der Waals surface area contributed by atoms with Gasteiger partial charge in [-0.25, -0.2) is 0 Å². The summed E-state index contributed by atoms with van der Waals surface area (Å²) in [7, 11) is 0. The standard InChI is InChI=1S/C13H13F3N2O2/c14-13(15,16)12(20)10-4-6-17(9-10)7-8-18-5-2-1-3-11(18)19/h1-6,9,12,20H,7-8H2. The lowest BCUT2D eigenvalue weighted by molar-refractivity contribution is -0.206. The molecule has 2 rings (SSSR count). The van der Waals surface area contributed by atoms with Gasteiger partial charge in [-0.1, -0.05) is 6.07 Å². The Kier molecular flexibility index (Phi) is 3.99. The first-order valence-corrected chi connectivity index (χ1v) is 5.94.